The third-order valence-electron chi connectivity index (χ3n) is 4.70. The van der Waals surface area contributed by atoms with Crippen LogP contribution in [0.15, 0.2) is 90.0 Å². The van der Waals surface area contributed by atoms with Crippen LogP contribution in [0, 0.1) is 5.82 Å². The Kier molecular flexibility index (Phi) is 5.80. The maximum Gasteiger partial charge on any atom is 0.282 e. The number of nitrogens with zero attached hydrogens (tertiary/aromatic N) is 2. The molecule has 0 aliphatic rings. The molecule has 1 heterocycles. The van der Waals surface area contributed by atoms with Crippen molar-refractivity contribution in [2.45, 2.75) is 17.9 Å². The molecule has 0 N–H and O–H groups in total. The Hall–Kier alpha value is -3.16. The lowest BCUT2D eigenvalue weighted by atomic mass is 10.1. The standard InChI is InChI=1S/C23H18ClFN2O3S/c1-16(30-19-9-12-21(22(25)15-19)17-5-3-2-4-6-17)23-13-14-27(26-23)31(28,29)20-10-7-18(24)8-11-20/h2-16H,1H3/t16-/m0/s1. The first-order valence-electron chi connectivity index (χ1n) is 9.43. The van der Waals surface area contributed by atoms with E-state index >= 15 is 0 Å². The van der Waals surface area contributed by atoms with Gasteiger partial charge in [-0.2, -0.15) is 17.6 Å². The van der Waals surface area contributed by atoms with E-state index in [0.29, 0.717) is 22.0 Å². The maximum atomic E-state index is 14.6. The Labute approximate surface area is 184 Å². The lowest BCUT2D eigenvalue weighted by Crippen LogP contribution is -2.14. The van der Waals surface area contributed by atoms with Crippen LogP contribution >= 0.6 is 11.6 Å². The molecule has 0 bridgehead atoms. The van der Waals surface area contributed by atoms with Gasteiger partial charge in [0.15, 0.2) is 0 Å². The van der Waals surface area contributed by atoms with Gasteiger partial charge in [-0.3, -0.25) is 0 Å². The second-order valence-corrected chi connectivity index (χ2v) is 9.07. The fourth-order valence-electron chi connectivity index (χ4n) is 3.07. The smallest absolute Gasteiger partial charge is 0.282 e. The summed E-state index contributed by atoms with van der Waals surface area (Å²) in [6.07, 6.45) is 0.752. The van der Waals surface area contributed by atoms with Crippen molar-refractivity contribution in [3.8, 4) is 16.9 Å². The highest BCUT2D eigenvalue weighted by Gasteiger charge is 2.20. The highest BCUT2D eigenvalue weighted by molar-refractivity contribution is 7.89. The largest absolute Gasteiger partial charge is 0.484 e. The average molecular weight is 457 g/mol. The number of hydrogen-bond acceptors (Lipinski definition) is 4. The summed E-state index contributed by atoms with van der Waals surface area (Å²) in [6.45, 7) is 1.71. The van der Waals surface area contributed by atoms with E-state index in [1.54, 1.807) is 25.1 Å². The molecule has 0 saturated carbocycles. The molecule has 31 heavy (non-hydrogen) atoms. The summed E-state index contributed by atoms with van der Waals surface area (Å²) in [6, 6.07) is 21.2. The molecule has 8 heteroatoms. The average Bonchev–Trinajstić information content (AvgIpc) is 3.26. The summed E-state index contributed by atoms with van der Waals surface area (Å²) in [7, 11) is -3.85. The molecule has 1 aromatic heterocycles. The first kappa shape index (κ1) is 21.1. The zero-order valence-electron chi connectivity index (χ0n) is 16.4. The summed E-state index contributed by atoms with van der Waals surface area (Å²) in [5, 5.41) is 4.58. The van der Waals surface area contributed by atoms with Crippen LogP contribution in [0.1, 0.15) is 18.7 Å². The minimum absolute atomic E-state index is 0.0682. The Morgan fingerprint density at radius 3 is 2.39 bits per heavy atom. The Morgan fingerprint density at radius 2 is 1.71 bits per heavy atom. The third-order valence-corrected chi connectivity index (χ3v) is 6.52. The molecule has 0 amide bonds. The number of halogens is 2. The van der Waals surface area contributed by atoms with Crippen LogP contribution in [0.2, 0.25) is 5.02 Å². The molecule has 0 spiro atoms. The van der Waals surface area contributed by atoms with Crippen molar-refractivity contribution in [3.63, 3.8) is 0 Å². The summed E-state index contributed by atoms with van der Waals surface area (Å²) in [5.41, 5.74) is 1.63. The number of aromatic nitrogens is 2. The second kappa shape index (κ2) is 8.53. The normalized spacial score (nSPS) is 12.5. The van der Waals surface area contributed by atoms with Gasteiger partial charge in [-0.15, -0.1) is 0 Å². The van der Waals surface area contributed by atoms with Gasteiger partial charge < -0.3 is 4.74 Å². The van der Waals surface area contributed by atoms with Crippen LogP contribution in [-0.2, 0) is 10.0 Å². The molecule has 4 aromatic rings. The molecule has 3 aromatic carbocycles. The van der Waals surface area contributed by atoms with Crippen LogP contribution in [0.3, 0.4) is 0 Å². The topological polar surface area (TPSA) is 61.2 Å². The molecule has 0 aliphatic carbocycles. The molecular weight excluding hydrogens is 439 g/mol. The highest BCUT2D eigenvalue weighted by Crippen LogP contribution is 2.28. The number of rotatable bonds is 6. The van der Waals surface area contributed by atoms with Crippen molar-refractivity contribution in [1.82, 2.24) is 9.19 Å². The molecule has 4 rings (SSSR count). The summed E-state index contributed by atoms with van der Waals surface area (Å²) < 4.78 is 46.7. The van der Waals surface area contributed by atoms with Gasteiger partial charge in [-0.1, -0.05) is 41.9 Å². The number of hydrogen-bond donors (Lipinski definition) is 0. The third kappa shape index (κ3) is 4.47. The summed E-state index contributed by atoms with van der Waals surface area (Å²) >= 11 is 5.83. The fraction of sp³-hybridized carbons (Fsp3) is 0.0870. The van der Waals surface area contributed by atoms with Gasteiger partial charge in [0.25, 0.3) is 10.0 Å². The second-order valence-electron chi connectivity index (χ2n) is 6.84. The molecule has 0 saturated heterocycles. The first-order valence-corrected chi connectivity index (χ1v) is 11.2. The van der Waals surface area contributed by atoms with E-state index in [1.165, 1.54) is 36.5 Å². The maximum absolute atomic E-state index is 14.6. The van der Waals surface area contributed by atoms with Gasteiger partial charge in [0, 0.05) is 22.8 Å². The van der Waals surface area contributed by atoms with Crippen LogP contribution in [-0.4, -0.2) is 17.6 Å². The van der Waals surface area contributed by atoms with Crippen molar-refractivity contribution >= 4 is 21.6 Å². The Morgan fingerprint density at radius 1 is 1.00 bits per heavy atom. The van der Waals surface area contributed by atoms with Crippen molar-refractivity contribution in [1.29, 1.82) is 0 Å². The van der Waals surface area contributed by atoms with E-state index in [4.69, 9.17) is 16.3 Å². The molecule has 0 radical (unpaired) electrons. The summed E-state index contributed by atoms with van der Waals surface area (Å²) in [4.78, 5) is 0.0682. The van der Waals surface area contributed by atoms with Crippen LogP contribution < -0.4 is 4.74 Å². The lowest BCUT2D eigenvalue weighted by Gasteiger charge is -2.14. The van der Waals surface area contributed by atoms with E-state index in [-0.39, 0.29) is 4.90 Å². The molecule has 0 aliphatic heterocycles. The molecule has 5 nitrogen and oxygen atoms in total. The summed E-state index contributed by atoms with van der Waals surface area (Å²) in [5.74, 6) is -0.0912. The Balaban J connectivity index is 1.52. The number of ether oxygens (including phenoxy) is 1. The van der Waals surface area contributed by atoms with E-state index in [9.17, 15) is 12.8 Å². The zero-order valence-corrected chi connectivity index (χ0v) is 18.0. The Bertz CT molecular complexity index is 1310. The minimum atomic E-state index is -3.85. The lowest BCUT2D eigenvalue weighted by molar-refractivity contribution is 0.220. The zero-order chi connectivity index (χ0) is 22.0. The molecular formula is C23H18ClFN2O3S. The fourth-order valence-corrected chi connectivity index (χ4v) is 4.32. The molecule has 158 valence electrons. The van der Waals surface area contributed by atoms with E-state index in [2.05, 4.69) is 5.10 Å². The van der Waals surface area contributed by atoms with Crippen LogP contribution in [0.25, 0.3) is 11.1 Å². The van der Waals surface area contributed by atoms with Crippen molar-refractivity contribution in [2.75, 3.05) is 0 Å². The predicted molar refractivity (Wildman–Crippen MR) is 117 cm³/mol. The van der Waals surface area contributed by atoms with Gasteiger partial charge in [-0.25, -0.2) is 4.39 Å². The van der Waals surface area contributed by atoms with Crippen molar-refractivity contribution < 1.29 is 17.5 Å². The quantitative estimate of drug-likeness (QED) is 0.372. The van der Waals surface area contributed by atoms with Gasteiger partial charge in [0.1, 0.15) is 23.4 Å². The minimum Gasteiger partial charge on any atom is -0.484 e. The monoisotopic (exact) mass is 456 g/mol. The van der Waals surface area contributed by atoms with Crippen LogP contribution in [0.5, 0.6) is 5.75 Å². The first-order chi connectivity index (χ1) is 14.8. The van der Waals surface area contributed by atoms with Gasteiger partial charge >= 0.3 is 0 Å². The van der Waals surface area contributed by atoms with Gasteiger partial charge in [0.2, 0.25) is 0 Å². The van der Waals surface area contributed by atoms with Crippen molar-refractivity contribution in [3.05, 3.63) is 102 Å². The van der Waals surface area contributed by atoms with Gasteiger partial charge in [0.05, 0.1) is 4.90 Å². The predicted octanol–water partition coefficient (Wildman–Crippen LogP) is 5.72. The number of benzene rings is 3. The van der Waals surface area contributed by atoms with E-state index < -0.39 is 21.9 Å². The molecule has 0 unspecified atom stereocenters. The van der Waals surface area contributed by atoms with E-state index in [0.717, 1.165) is 9.65 Å². The van der Waals surface area contributed by atoms with Crippen LogP contribution in [0.4, 0.5) is 4.39 Å². The SMILES string of the molecule is C[C@H](Oc1ccc(-c2ccccc2)c(F)c1)c1ccn(S(=O)(=O)c2ccc(Cl)cc2)n1. The molecule has 0 fully saturated rings. The van der Waals surface area contributed by atoms with Gasteiger partial charge in [-0.05, 0) is 55.0 Å². The van der Waals surface area contributed by atoms with E-state index in [1.807, 2.05) is 30.3 Å². The highest BCUT2D eigenvalue weighted by atomic mass is 35.5. The van der Waals surface area contributed by atoms with Crippen molar-refractivity contribution in [2.24, 2.45) is 0 Å². The molecule has 1 atom stereocenters.